The molecular formula is C19H21FN4O2. The second-order valence-corrected chi connectivity index (χ2v) is 6.67. The molecule has 0 unspecified atom stereocenters. The minimum atomic E-state index is -0.229. The summed E-state index contributed by atoms with van der Waals surface area (Å²) >= 11 is 0. The second kappa shape index (κ2) is 7.19. The van der Waals surface area contributed by atoms with Crippen LogP contribution >= 0.6 is 0 Å². The van der Waals surface area contributed by atoms with Crippen molar-refractivity contribution in [3.05, 3.63) is 53.3 Å². The van der Waals surface area contributed by atoms with Crippen molar-refractivity contribution in [1.82, 2.24) is 20.4 Å². The summed E-state index contributed by atoms with van der Waals surface area (Å²) in [4.78, 5) is 17.2. The van der Waals surface area contributed by atoms with Gasteiger partial charge in [-0.2, -0.15) is 0 Å². The molecule has 7 heteroatoms. The van der Waals surface area contributed by atoms with E-state index in [0.29, 0.717) is 24.9 Å². The molecule has 2 amide bonds. The van der Waals surface area contributed by atoms with Gasteiger partial charge in [-0.3, -0.25) is 0 Å². The maximum Gasteiger partial charge on any atom is 0.317 e. The molecule has 1 fully saturated rings. The fourth-order valence-corrected chi connectivity index (χ4v) is 3.38. The van der Waals surface area contributed by atoms with Gasteiger partial charge in [0, 0.05) is 35.8 Å². The number of urea groups is 1. The summed E-state index contributed by atoms with van der Waals surface area (Å²) in [6.45, 7) is 2.04. The van der Waals surface area contributed by atoms with Crippen LogP contribution in [0, 0.1) is 5.82 Å². The maximum atomic E-state index is 14.3. The number of H-pyrrole nitrogens is 1. The fourth-order valence-electron chi connectivity index (χ4n) is 3.38. The van der Waals surface area contributed by atoms with Gasteiger partial charge in [-0.25, -0.2) is 9.18 Å². The molecule has 1 aliphatic rings. The molecule has 3 heterocycles. The predicted octanol–water partition coefficient (Wildman–Crippen LogP) is 3.39. The number of amides is 2. The molecule has 0 saturated carbocycles. The van der Waals surface area contributed by atoms with Gasteiger partial charge in [0.2, 0.25) is 0 Å². The quantitative estimate of drug-likeness (QED) is 0.736. The number of rotatable bonds is 5. The topological polar surface area (TPSA) is 74.2 Å². The highest BCUT2D eigenvalue weighted by Crippen LogP contribution is 2.21. The molecule has 3 aromatic rings. The van der Waals surface area contributed by atoms with Crippen LogP contribution in [0.2, 0.25) is 0 Å². The van der Waals surface area contributed by atoms with Crippen LogP contribution in [0.4, 0.5) is 9.18 Å². The van der Waals surface area contributed by atoms with Crippen molar-refractivity contribution in [2.75, 3.05) is 13.1 Å². The summed E-state index contributed by atoms with van der Waals surface area (Å²) in [5.74, 6) is -0.229. The van der Waals surface area contributed by atoms with Crippen molar-refractivity contribution in [2.45, 2.75) is 32.2 Å². The summed E-state index contributed by atoms with van der Waals surface area (Å²) < 4.78 is 19.1. The van der Waals surface area contributed by atoms with Gasteiger partial charge in [-0.05, 0) is 49.4 Å². The van der Waals surface area contributed by atoms with Crippen molar-refractivity contribution in [1.29, 1.82) is 0 Å². The molecule has 0 atom stereocenters. The van der Waals surface area contributed by atoms with Crippen molar-refractivity contribution in [2.24, 2.45) is 0 Å². The van der Waals surface area contributed by atoms with Gasteiger partial charge in [0.25, 0.3) is 0 Å². The lowest BCUT2D eigenvalue weighted by molar-refractivity contribution is 0.208. The van der Waals surface area contributed by atoms with Crippen LogP contribution in [-0.2, 0) is 19.4 Å². The molecule has 2 aromatic heterocycles. The fraction of sp³-hybridized carbons (Fsp3) is 0.368. The smallest absolute Gasteiger partial charge is 0.317 e. The van der Waals surface area contributed by atoms with Gasteiger partial charge in [0.05, 0.1) is 12.2 Å². The first-order valence-corrected chi connectivity index (χ1v) is 8.91. The van der Waals surface area contributed by atoms with Gasteiger partial charge in [-0.1, -0.05) is 5.16 Å². The number of carbonyl (C=O) groups excluding carboxylic acids is 1. The molecule has 26 heavy (non-hydrogen) atoms. The van der Waals surface area contributed by atoms with E-state index < -0.39 is 0 Å². The third kappa shape index (κ3) is 3.56. The molecule has 0 aliphatic carbocycles. The summed E-state index contributed by atoms with van der Waals surface area (Å²) in [6.07, 6.45) is 4.82. The number of fused-ring (bicyclic) bond motifs is 1. The Morgan fingerprint density at radius 1 is 1.27 bits per heavy atom. The Kier molecular flexibility index (Phi) is 4.60. The molecule has 1 aromatic carbocycles. The summed E-state index contributed by atoms with van der Waals surface area (Å²) in [7, 11) is 0. The lowest BCUT2D eigenvalue weighted by Crippen LogP contribution is -2.37. The number of nitrogens with one attached hydrogen (secondary N) is 2. The van der Waals surface area contributed by atoms with Crippen molar-refractivity contribution in [3.63, 3.8) is 0 Å². The lowest BCUT2D eigenvalue weighted by atomic mass is 10.1. The van der Waals surface area contributed by atoms with Crippen LogP contribution in [0.3, 0.4) is 0 Å². The zero-order chi connectivity index (χ0) is 17.9. The van der Waals surface area contributed by atoms with Gasteiger partial charge < -0.3 is 19.7 Å². The van der Waals surface area contributed by atoms with Crippen LogP contribution in [0.1, 0.15) is 29.8 Å². The van der Waals surface area contributed by atoms with Crippen LogP contribution < -0.4 is 5.32 Å². The first-order valence-electron chi connectivity index (χ1n) is 8.91. The zero-order valence-corrected chi connectivity index (χ0v) is 14.4. The Balaban J connectivity index is 1.43. The number of carbonyl (C=O) groups is 1. The van der Waals surface area contributed by atoms with Crippen LogP contribution in [-0.4, -0.2) is 34.2 Å². The molecule has 1 aliphatic heterocycles. The predicted molar refractivity (Wildman–Crippen MR) is 95.2 cm³/mol. The van der Waals surface area contributed by atoms with Crippen molar-refractivity contribution in [3.8, 4) is 0 Å². The summed E-state index contributed by atoms with van der Waals surface area (Å²) in [6, 6.07) is 6.99. The molecule has 4 rings (SSSR count). The minimum Gasteiger partial charge on any atom is -0.365 e. The Labute approximate surface area is 150 Å². The molecule has 1 saturated heterocycles. The molecule has 0 bridgehead atoms. The Hall–Kier alpha value is -2.83. The van der Waals surface area contributed by atoms with Crippen LogP contribution in [0.25, 0.3) is 10.9 Å². The molecule has 136 valence electrons. The third-order valence-electron chi connectivity index (χ3n) is 4.81. The molecule has 0 radical (unpaired) electrons. The number of likely N-dealkylation sites (tertiary alicyclic amines) is 1. The number of aryl methyl sites for hydroxylation is 2. The van der Waals surface area contributed by atoms with Crippen molar-refractivity contribution < 1.29 is 13.7 Å². The molecular weight excluding hydrogens is 335 g/mol. The Morgan fingerprint density at radius 3 is 2.88 bits per heavy atom. The van der Waals surface area contributed by atoms with E-state index in [9.17, 15) is 9.18 Å². The van der Waals surface area contributed by atoms with E-state index in [2.05, 4.69) is 15.5 Å². The maximum absolute atomic E-state index is 14.3. The minimum absolute atomic E-state index is 0.0411. The normalized spacial score (nSPS) is 14.3. The van der Waals surface area contributed by atoms with Crippen molar-refractivity contribution >= 4 is 16.9 Å². The van der Waals surface area contributed by atoms with E-state index in [-0.39, 0.29) is 11.8 Å². The van der Waals surface area contributed by atoms with Crippen LogP contribution in [0.5, 0.6) is 0 Å². The first kappa shape index (κ1) is 16.6. The standard InChI is InChI=1S/C19H21FN4O2/c20-17-10-14-9-16(12-21-19(25)24-6-1-2-7-24)22-18(14)11-13(17)3-4-15-5-8-26-23-15/h5,8-11,22H,1-4,6-7,12H2,(H,21,25). The number of benzene rings is 1. The van der Waals surface area contributed by atoms with E-state index in [4.69, 9.17) is 4.52 Å². The number of aromatic amines is 1. The van der Waals surface area contributed by atoms with E-state index in [0.717, 1.165) is 48.2 Å². The number of aromatic nitrogens is 2. The average Bonchev–Trinajstić information content (AvgIpc) is 3.38. The summed E-state index contributed by atoms with van der Waals surface area (Å²) in [5, 5.41) is 7.57. The highest BCUT2D eigenvalue weighted by Gasteiger charge is 2.17. The number of hydrogen-bond donors (Lipinski definition) is 2. The van der Waals surface area contributed by atoms with E-state index >= 15 is 0 Å². The van der Waals surface area contributed by atoms with Gasteiger partial charge in [0.1, 0.15) is 12.1 Å². The highest BCUT2D eigenvalue weighted by molar-refractivity contribution is 5.81. The first-order chi connectivity index (χ1) is 12.7. The molecule has 6 nitrogen and oxygen atoms in total. The van der Waals surface area contributed by atoms with Gasteiger partial charge >= 0.3 is 6.03 Å². The zero-order valence-electron chi connectivity index (χ0n) is 14.4. The Bertz CT molecular complexity index is 898. The van der Waals surface area contributed by atoms with Gasteiger partial charge in [0.15, 0.2) is 0 Å². The number of halogens is 1. The highest BCUT2D eigenvalue weighted by atomic mass is 19.1. The Morgan fingerprint density at radius 2 is 2.12 bits per heavy atom. The van der Waals surface area contributed by atoms with Gasteiger partial charge in [-0.15, -0.1) is 0 Å². The number of hydrogen-bond acceptors (Lipinski definition) is 3. The van der Waals surface area contributed by atoms with E-state index in [1.807, 2.05) is 17.0 Å². The number of nitrogens with zero attached hydrogens (tertiary/aromatic N) is 2. The largest absolute Gasteiger partial charge is 0.365 e. The molecule has 2 N–H and O–H groups in total. The second-order valence-electron chi connectivity index (χ2n) is 6.67. The third-order valence-corrected chi connectivity index (χ3v) is 4.81. The monoisotopic (exact) mass is 356 g/mol. The lowest BCUT2D eigenvalue weighted by Gasteiger charge is -2.15. The average molecular weight is 356 g/mol. The SMILES string of the molecule is O=C(NCc1cc2cc(F)c(CCc3ccon3)cc2[nH]1)N1CCCC1. The van der Waals surface area contributed by atoms with E-state index in [1.165, 1.54) is 12.3 Å². The molecule has 0 spiro atoms. The summed E-state index contributed by atoms with van der Waals surface area (Å²) in [5.41, 5.74) is 3.17. The van der Waals surface area contributed by atoms with Crippen LogP contribution in [0.15, 0.2) is 35.1 Å². The van der Waals surface area contributed by atoms with E-state index in [1.54, 1.807) is 6.07 Å².